The molecule has 0 amide bonds. The molecule has 0 bridgehead atoms. The minimum absolute atomic E-state index is 0.254. The third-order valence-corrected chi connectivity index (χ3v) is 5.66. The Balaban J connectivity index is 1.62. The molecule has 28 heavy (non-hydrogen) atoms. The normalized spacial score (nSPS) is 19.7. The predicted molar refractivity (Wildman–Crippen MR) is 108 cm³/mol. The van der Waals surface area contributed by atoms with Crippen LogP contribution in [-0.4, -0.2) is 38.0 Å². The van der Waals surface area contributed by atoms with Gasteiger partial charge in [0.2, 0.25) is 0 Å². The van der Waals surface area contributed by atoms with Crippen molar-refractivity contribution in [2.45, 2.75) is 24.9 Å². The maximum absolute atomic E-state index is 14.2. The number of allylic oxidation sites excluding steroid dienone is 1. The zero-order valence-corrected chi connectivity index (χ0v) is 16.1. The summed E-state index contributed by atoms with van der Waals surface area (Å²) in [5.74, 6) is 0.972. The van der Waals surface area contributed by atoms with Gasteiger partial charge in [0.1, 0.15) is 17.0 Å². The average Bonchev–Trinajstić information content (AvgIpc) is 3.49. The first-order chi connectivity index (χ1) is 13.6. The largest absolute Gasteiger partial charge is 0.338 e. The van der Waals surface area contributed by atoms with E-state index in [1.165, 1.54) is 6.07 Å². The van der Waals surface area contributed by atoms with Crippen LogP contribution in [-0.2, 0) is 6.54 Å². The fourth-order valence-electron chi connectivity index (χ4n) is 3.51. The minimum atomic E-state index is -0.272. The van der Waals surface area contributed by atoms with Crippen LogP contribution in [0, 0.1) is 11.7 Å². The molecule has 5 nitrogen and oxygen atoms in total. The summed E-state index contributed by atoms with van der Waals surface area (Å²) in [6, 6.07) is 10.6. The zero-order chi connectivity index (χ0) is 19.3. The van der Waals surface area contributed by atoms with Gasteiger partial charge < -0.3 is 4.90 Å². The molecule has 2 aliphatic rings. The Morgan fingerprint density at radius 1 is 1.18 bits per heavy atom. The number of amidine groups is 1. The van der Waals surface area contributed by atoms with Crippen molar-refractivity contribution in [3.05, 3.63) is 71.4 Å². The van der Waals surface area contributed by atoms with Crippen LogP contribution in [0.3, 0.4) is 0 Å². The Morgan fingerprint density at radius 2 is 2.00 bits per heavy atom. The van der Waals surface area contributed by atoms with E-state index in [9.17, 15) is 4.39 Å². The monoisotopic (exact) mass is 395 g/mol. The lowest BCUT2D eigenvalue weighted by atomic mass is 10.2. The van der Waals surface area contributed by atoms with E-state index in [1.54, 1.807) is 23.0 Å². The van der Waals surface area contributed by atoms with Gasteiger partial charge in [-0.05, 0) is 37.1 Å². The summed E-state index contributed by atoms with van der Waals surface area (Å²) in [6.07, 6.45) is 6.04. The molecule has 1 fully saturated rings. The fraction of sp³-hybridized carbons (Fsp3) is 0.286. The first kappa shape index (κ1) is 17.4. The Labute approximate surface area is 167 Å². The molecule has 3 heterocycles. The van der Waals surface area contributed by atoms with Gasteiger partial charge >= 0.3 is 0 Å². The molecule has 1 aliphatic heterocycles. The van der Waals surface area contributed by atoms with Crippen molar-refractivity contribution in [3.8, 4) is 0 Å². The van der Waals surface area contributed by atoms with Crippen molar-refractivity contribution >= 4 is 28.5 Å². The highest BCUT2D eigenvalue weighted by molar-refractivity contribution is 6.24. The standard InChI is InChI=1S/C21H19ClFN5/c1-27-18(22)11-17(13-8-9-13)25-21(27)19-15-6-4-10-24-20(15)28(26-19)12-14-5-2-3-7-16(14)23/h2-7,10-11,13,18H,8-9,12H2,1H3. The molecule has 0 saturated heterocycles. The number of hydrogen-bond donors (Lipinski definition) is 0. The highest BCUT2D eigenvalue weighted by Crippen LogP contribution is 2.40. The molecule has 142 valence electrons. The molecule has 1 aliphatic carbocycles. The number of aromatic nitrogens is 3. The number of pyridine rings is 1. The molecule has 1 aromatic carbocycles. The molecule has 5 rings (SSSR count). The SMILES string of the molecule is CN1C(c2nn(Cc3ccccc3F)c3ncccc23)=NC(C2CC2)=CC1Cl. The van der Waals surface area contributed by atoms with E-state index in [0.717, 1.165) is 35.5 Å². The number of nitrogens with zero attached hydrogens (tertiary/aromatic N) is 5. The van der Waals surface area contributed by atoms with Gasteiger partial charge in [0.05, 0.1) is 11.9 Å². The van der Waals surface area contributed by atoms with Gasteiger partial charge in [-0.25, -0.2) is 19.0 Å². The number of aliphatic imine (C=N–C) groups is 1. The van der Waals surface area contributed by atoms with Gasteiger partial charge in [-0.3, -0.25) is 0 Å². The van der Waals surface area contributed by atoms with E-state index >= 15 is 0 Å². The summed E-state index contributed by atoms with van der Waals surface area (Å²) in [5.41, 5.74) is 2.75. The van der Waals surface area contributed by atoms with Crippen LogP contribution in [0.15, 0.2) is 59.4 Å². The smallest absolute Gasteiger partial charge is 0.158 e. The highest BCUT2D eigenvalue weighted by Gasteiger charge is 2.33. The first-order valence-electron chi connectivity index (χ1n) is 9.34. The number of alkyl halides is 1. The summed E-state index contributed by atoms with van der Waals surface area (Å²) in [6.45, 7) is 0.298. The lowest BCUT2D eigenvalue weighted by Crippen LogP contribution is -2.36. The van der Waals surface area contributed by atoms with Gasteiger partial charge in [-0.1, -0.05) is 29.8 Å². The van der Waals surface area contributed by atoms with E-state index in [-0.39, 0.29) is 11.3 Å². The molecular weight excluding hydrogens is 377 g/mol. The Bertz CT molecular complexity index is 1110. The van der Waals surface area contributed by atoms with Gasteiger partial charge in [-0.2, -0.15) is 5.10 Å². The Hall–Kier alpha value is -2.73. The predicted octanol–water partition coefficient (Wildman–Crippen LogP) is 4.17. The summed E-state index contributed by atoms with van der Waals surface area (Å²) < 4.78 is 15.9. The molecule has 0 radical (unpaired) electrons. The summed E-state index contributed by atoms with van der Waals surface area (Å²) in [5, 5.41) is 5.66. The van der Waals surface area contributed by atoms with Crippen molar-refractivity contribution in [1.29, 1.82) is 0 Å². The van der Waals surface area contributed by atoms with Crippen LogP contribution < -0.4 is 0 Å². The van der Waals surface area contributed by atoms with E-state index in [2.05, 4.69) is 4.98 Å². The first-order valence-corrected chi connectivity index (χ1v) is 9.78. The fourth-order valence-corrected chi connectivity index (χ4v) is 3.73. The van der Waals surface area contributed by atoms with E-state index < -0.39 is 0 Å². The number of hydrogen-bond acceptors (Lipinski definition) is 4. The van der Waals surface area contributed by atoms with Gasteiger partial charge in [-0.15, -0.1) is 0 Å². The number of likely N-dealkylation sites (N-methyl/N-ethyl adjacent to an activating group) is 1. The van der Waals surface area contributed by atoms with Gasteiger partial charge in [0, 0.05) is 30.4 Å². The Kier molecular flexibility index (Phi) is 4.16. The van der Waals surface area contributed by atoms with Gasteiger partial charge in [0.25, 0.3) is 0 Å². The molecule has 7 heteroatoms. The quantitative estimate of drug-likeness (QED) is 0.492. The second-order valence-electron chi connectivity index (χ2n) is 7.26. The van der Waals surface area contributed by atoms with Crippen LogP contribution in [0.4, 0.5) is 4.39 Å². The van der Waals surface area contributed by atoms with Crippen LogP contribution in [0.25, 0.3) is 11.0 Å². The van der Waals surface area contributed by atoms with Crippen molar-refractivity contribution in [2.24, 2.45) is 10.9 Å². The van der Waals surface area contributed by atoms with Crippen LogP contribution in [0.5, 0.6) is 0 Å². The van der Waals surface area contributed by atoms with Crippen molar-refractivity contribution in [2.75, 3.05) is 7.05 Å². The van der Waals surface area contributed by atoms with Crippen molar-refractivity contribution in [3.63, 3.8) is 0 Å². The number of rotatable bonds is 4. The third kappa shape index (κ3) is 2.98. The number of fused-ring (bicyclic) bond motifs is 1. The molecule has 0 spiro atoms. The second kappa shape index (κ2) is 6.71. The maximum atomic E-state index is 14.2. The lowest BCUT2D eigenvalue weighted by molar-refractivity contribution is 0.506. The van der Waals surface area contributed by atoms with Crippen molar-refractivity contribution in [1.82, 2.24) is 19.7 Å². The van der Waals surface area contributed by atoms with Crippen LogP contribution in [0.1, 0.15) is 24.1 Å². The second-order valence-corrected chi connectivity index (χ2v) is 7.70. The summed E-state index contributed by atoms with van der Waals surface area (Å²) in [7, 11) is 1.91. The maximum Gasteiger partial charge on any atom is 0.158 e. The molecule has 3 aromatic rings. The molecule has 1 atom stereocenters. The highest BCUT2D eigenvalue weighted by atomic mass is 35.5. The molecule has 1 saturated carbocycles. The van der Waals surface area contributed by atoms with E-state index in [1.807, 2.05) is 36.2 Å². The van der Waals surface area contributed by atoms with Crippen LogP contribution in [0.2, 0.25) is 0 Å². The van der Waals surface area contributed by atoms with E-state index in [0.29, 0.717) is 23.7 Å². The Morgan fingerprint density at radius 3 is 2.79 bits per heavy atom. The molecule has 1 unspecified atom stereocenters. The molecule has 0 N–H and O–H groups in total. The van der Waals surface area contributed by atoms with Crippen molar-refractivity contribution < 1.29 is 4.39 Å². The zero-order valence-electron chi connectivity index (χ0n) is 15.4. The topological polar surface area (TPSA) is 46.3 Å². The third-order valence-electron chi connectivity index (χ3n) is 5.24. The summed E-state index contributed by atoms with van der Waals surface area (Å²) in [4.78, 5) is 11.3. The molecule has 2 aromatic heterocycles. The number of benzene rings is 1. The van der Waals surface area contributed by atoms with E-state index in [4.69, 9.17) is 21.7 Å². The molecular formula is C21H19ClFN5. The van der Waals surface area contributed by atoms with Gasteiger partial charge in [0.15, 0.2) is 11.5 Å². The minimum Gasteiger partial charge on any atom is -0.338 e. The summed E-state index contributed by atoms with van der Waals surface area (Å²) >= 11 is 6.56. The van der Waals surface area contributed by atoms with Crippen LogP contribution >= 0.6 is 11.6 Å². The number of halogens is 2. The average molecular weight is 396 g/mol. The lowest BCUT2D eigenvalue weighted by Gasteiger charge is -2.28.